The first-order chi connectivity index (χ1) is 10.5. The maximum Gasteiger partial charge on any atom is 0.123 e. The van der Waals surface area contributed by atoms with Gasteiger partial charge in [-0.3, -0.25) is 0 Å². The quantitative estimate of drug-likeness (QED) is 0.630. The highest BCUT2D eigenvalue weighted by molar-refractivity contribution is 5.52. The van der Waals surface area contributed by atoms with Crippen LogP contribution in [0.15, 0.2) is 35.9 Å². The zero-order chi connectivity index (χ0) is 16.3. The molecule has 0 spiro atoms. The van der Waals surface area contributed by atoms with Gasteiger partial charge in [0.2, 0.25) is 0 Å². The highest BCUT2D eigenvalue weighted by Gasteiger charge is 2.30. The summed E-state index contributed by atoms with van der Waals surface area (Å²) in [5.74, 6) is -0.0300. The number of rotatable bonds is 5. The Morgan fingerprint density at radius 2 is 1.86 bits per heavy atom. The molecule has 4 heteroatoms. The number of allylic oxidation sites excluding steroid dienone is 2. The highest BCUT2D eigenvalue weighted by atomic mass is 16.3. The summed E-state index contributed by atoms with van der Waals surface area (Å²) in [4.78, 5) is 0. The Balaban J connectivity index is 2.48. The average Bonchev–Trinajstić information content (AvgIpc) is 2.46. The molecule has 1 aromatic rings. The number of hydrogen-bond acceptors (Lipinski definition) is 4. The van der Waals surface area contributed by atoms with Gasteiger partial charge in [0.25, 0.3) is 0 Å². The summed E-state index contributed by atoms with van der Waals surface area (Å²) in [5.41, 5.74) is 3.08. The summed E-state index contributed by atoms with van der Waals surface area (Å²) < 4.78 is 0. The van der Waals surface area contributed by atoms with Crippen molar-refractivity contribution in [1.82, 2.24) is 0 Å². The lowest BCUT2D eigenvalue weighted by Crippen LogP contribution is -2.18. The van der Waals surface area contributed by atoms with E-state index >= 15 is 0 Å². The van der Waals surface area contributed by atoms with E-state index in [0.29, 0.717) is 17.5 Å². The lowest BCUT2D eigenvalue weighted by atomic mass is 9.73. The summed E-state index contributed by atoms with van der Waals surface area (Å²) >= 11 is 0. The molecule has 4 nitrogen and oxygen atoms in total. The molecule has 2 rings (SSSR count). The Morgan fingerprint density at radius 1 is 1.23 bits per heavy atom. The maximum absolute atomic E-state index is 10.3. The van der Waals surface area contributed by atoms with Crippen LogP contribution >= 0.6 is 0 Å². The van der Waals surface area contributed by atoms with Crippen LogP contribution in [0.4, 0.5) is 0 Å². The third kappa shape index (κ3) is 3.34. The lowest BCUT2D eigenvalue weighted by molar-refractivity contribution is 0.299. The van der Waals surface area contributed by atoms with E-state index in [1.807, 2.05) is 13.0 Å². The zero-order valence-corrected chi connectivity index (χ0v) is 12.9. The van der Waals surface area contributed by atoms with E-state index in [9.17, 15) is 15.3 Å². The molecule has 0 radical (unpaired) electrons. The molecule has 0 fully saturated rings. The summed E-state index contributed by atoms with van der Waals surface area (Å²) in [6.45, 7) is 5.92. The van der Waals surface area contributed by atoms with Crippen molar-refractivity contribution in [2.24, 2.45) is 5.92 Å². The Morgan fingerprint density at radius 3 is 2.36 bits per heavy atom. The van der Waals surface area contributed by atoms with Gasteiger partial charge >= 0.3 is 0 Å². The van der Waals surface area contributed by atoms with Crippen molar-refractivity contribution in [1.29, 1.82) is 0 Å². The smallest absolute Gasteiger partial charge is 0.123 e. The summed E-state index contributed by atoms with van der Waals surface area (Å²) in [6, 6.07) is 3.17. The molecule has 120 valence electrons. The van der Waals surface area contributed by atoms with Crippen LogP contribution in [-0.4, -0.2) is 33.6 Å². The predicted octanol–water partition coefficient (Wildman–Crippen LogP) is 2.62. The van der Waals surface area contributed by atoms with Crippen molar-refractivity contribution in [3.8, 4) is 11.5 Å². The fraction of sp³-hybridized carbons (Fsp3) is 0.444. The first-order valence-corrected chi connectivity index (χ1v) is 7.59. The van der Waals surface area contributed by atoms with E-state index in [1.54, 1.807) is 12.1 Å². The predicted molar refractivity (Wildman–Crippen MR) is 86.0 cm³/mol. The summed E-state index contributed by atoms with van der Waals surface area (Å²) in [6.07, 6.45) is 3.95. The average molecular weight is 304 g/mol. The second-order valence-electron chi connectivity index (χ2n) is 6.02. The molecule has 0 aromatic heterocycles. The minimum absolute atomic E-state index is 0.0104. The van der Waals surface area contributed by atoms with Crippen molar-refractivity contribution in [2.75, 3.05) is 13.2 Å². The van der Waals surface area contributed by atoms with Crippen molar-refractivity contribution >= 4 is 0 Å². The van der Waals surface area contributed by atoms with Gasteiger partial charge < -0.3 is 20.4 Å². The van der Waals surface area contributed by atoms with Crippen molar-refractivity contribution in [3.63, 3.8) is 0 Å². The Bertz CT molecular complexity index is 566. The number of aliphatic hydroxyl groups is 2. The molecule has 22 heavy (non-hydrogen) atoms. The van der Waals surface area contributed by atoms with Gasteiger partial charge in [0.1, 0.15) is 11.5 Å². The molecular weight excluding hydrogens is 280 g/mol. The van der Waals surface area contributed by atoms with Crippen molar-refractivity contribution in [2.45, 2.75) is 32.1 Å². The van der Waals surface area contributed by atoms with E-state index in [2.05, 4.69) is 6.58 Å². The number of aromatic hydroxyl groups is 2. The lowest BCUT2D eigenvalue weighted by Gasteiger charge is -2.31. The molecule has 1 aromatic carbocycles. The van der Waals surface area contributed by atoms with Crippen LogP contribution in [0, 0.1) is 5.92 Å². The van der Waals surface area contributed by atoms with Crippen molar-refractivity contribution in [3.05, 3.63) is 47.1 Å². The highest BCUT2D eigenvalue weighted by Crippen LogP contribution is 2.46. The number of phenols is 2. The molecule has 0 saturated heterocycles. The summed E-state index contributed by atoms with van der Waals surface area (Å²) in [5, 5.41) is 39.1. The third-order valence-corrected chi connectivity index (χ3v) is 4.39. The van der Waals surface area contributed by atoms with Crippen LogP contribution in [0.2, 0.25) is 0 Å². The van der Waals surface area contributed by atoms with E-state index in [0.717, 1.165) is 24.0 Å². The van der Waals surface area contributed by atoms with Crippen LogP contribution in [0.5, 0.6) is 11.5 Å². The first-order valence-electron chi connectivity index (χ1n) is 7.59. The monoisotopic (exact) mass is 304 g/mol. The number of aliphatic hydroxyl groups excluding tert-OH is 2. The molecule has 0 amide bonds. The Labute approximate surface area is 131 Å². The van der Waals surface area contributed by atoms with Gasteiger partial charge in [-0.15, -0.1) is 0 Å². The van der Waals surface area contributed by atoms with Crippen LogP contribution in [0.25, 0.3) is 0 Å². The fourth-order valence-electron chi connectivity index (χ4n) is 3.24. The van der Waals surface area contributed by atoms with Crippen LogP contribution in [0.1, 0.15) is 36.8 Å². The molecule has 0 aliphatic heterocycles. The molecule has 1 aliphatic rings. The van der Waals surface area contributed by atoms with Gasteiger partial charge in [-0.2, -0.15) is 0 Å². The molecular formula is C18H24O4. The van der Waals surface area contributed by atoms with Crippen LogP contribution in [-0.2, 0) is 6.42 Å². The molecule has 4 N–H and O–H groups in total. The molecule has 1 aliphatic carbocycles. The SMILES string of the molecule is C=C(C)[C@@H]1CCC(CO)=CC1c1c(O)cc(CCO)cc1O. The maximum atomic E-state index is 10.3. The molecule has 1 unspecified atom stereocenters. The van der Waals surface area contributed by atoms with Crippen LogP contribution < -0.4 is 0 Å². The molecule has 2 atom stereocenters. The van der Waals surface area contributed by atoms with E-state index in [4.69, 9.17) is 5.11 Å². The third-order valence-electron chi connectivity index (χ3n) is 4.39. The summed E-state index contributed by atoms with van der Waals surface area (Å²) in [7, 11) is 0. The van der Waals surface area contributed by atoms with Crippen LogP contribution in [0.3, 0.4) is 0 Å². The first kappa shape index (κ1) is 16.6. The number of benzene rings is 1. The van der Waals surface area contributed by atoms with E-state index < -0.39 is 0 Å². The van der Waals surface area contributed by atoms with Crippen molar-refractivity contribution < 1.29 is 20.4 Å². The van der Waals surface area contributed by atoms with Gasteiger partial charge in [-0.05, 0) is 55.4 Å². The normalized spacial score (nSPS) is 21.5. The standard InChI is InChI=1S/C18H24O4/c1-11(2)14-4-3-13(10-20)7-15(14)18-16(21)8-12(5-6-19)9-17(18)22/h7-9,14-15,19-22H,1,3-6,10H2,2H3/t14-,15?/m0/s1. The second kappa shape index (κ2) is 6.99. The Kier molecular flexibility index (Phi) is 5.27. The van der Waals surface area contributed by atoms with E-state index in [-0.39, 0.29) is 36.5 Å². The van der Waals surface area contributed by atoms with Gasteiger partial charge in [0.05, 0.1) is 6.61 Å². The van der Waals surface area contributed by atoms with E-state index in [1.165, 1.54) is 0 Å². The second-order valence-corrected chi connectivity index (χ2v) is 6.02. The van der Waals surface area contributed by atoms with Gasteiger partial charge in [-0.25, -0.2) is 0 Å². The fourth-order valence-corrected chi connectivity index (χ4v) is 3.24. The largest absolute Gasteiger partial charge is 0.507 e. The van der Waals surface area contributed by atoms with Gasteiger partial charge in [0.15, 0.2) is 0 Å². The minimum atomic E-state index is -0.198. The van der Waals surface area contributed by atoms with Gasteiger partial charge in [-0.1, -0.05) is 18.2 Å². The minimum Gasteiger partial charge on any atom is -0.507 e. The number of phenolic OH excluding ortho intramolecular Hbond substituents is 2. The molecule has 0 saturated carbocycles. The topological polar surface area (TPSA) is 80.9 Å². The van der Waals surface area contributed by atoms with Gasteiger partial charge in [0, 0.05) is 18.1 Å². The Hall–Kier alpha value is -1.78. The number of hydrogen-bond donors (Lipinski definition) is 4. The molecule has 0 bridgehead atoms. The molecule has 0 heterocycles. The zero-order valence-electron chi connectivity index (χ0n) is 12.9.